The fraction of sp³-hybridized carbons (Fsp3) is 0.667. The second kappa shape index (κ2) is 4.65. The minimum atomic E-state index is 0. The number of nitrogens with zero attached hydrogens (tertiary/aromatic N) is 1. The van der Waals surface area contributed by atoms with Crippen LogP contribution in [0.15, 0.2) is 10.6 Å². The van der Waals surface area contributed by atoms with Crippen molar-refractivity contribution in [1.82, 2.24) is 0 Å². The Morgan fingerprint density at radius 2 is 2.38 bits per heavy atom. The molecule has 1 aromatic heterocycles. The Morgan fingerprint density at radius 3 is 3.08 bits per heavy atom. The van der Waals surface area contributed by atoms with Gasteiger partial charge in [0.25, 0.3) is 6.20 Å². The summed E-state index contributed by atoms with van der Waals surface area (Å²) in [5.41, 5.74) is 0. The van der Waals surface area contributed by atoms with Crippen LogP contribution in [0.3, 0.4) is 0 Å². The van der Waals surface area contributed by atoms with Gasteiger partial charge in [0.2, 0.25) is 0 Å². The van der Waals surface area contributed by atoms with Crippen LogP contribution in [0.25, 0.3) is 0 Å². The van der Waals surface area contributed by atoms with E-state index in [9.17, 15) is 0 Å². The van der Waals surface area contributed by atoms with Crippen molar-refractivity contribution in [2.24, 2.45) is 0 Å². The van der Waals surface area contributed by atoms with E-state index < -0.39 is 0 Å². The van der Waals surface area contributed by atoms with Gasteiger partial charge in [-0.2, -0.15) is 4.57 Å². The van der Waals surface area contributed by atoms with Gasteiger partial charge in [-0.3, -0.25) is 0 Å². The van der Waals surface area contributed by atoms with E-state index in [1.165, 1.54) is 12.8 Å². The molecule has 0 saturated carbocycles. The molecule has 0 atom stereocenters. The molecule has 1 aliphatic rings. The third-order valence-electron chi connectivity index (χ3n) is 2.13. The first kappa shape index (κ1) is 10.6. The van der Waals surface area contributed by atoms with Crippen LogP contribution in [0.5, 0.6) is 5.95 Å². The molecule has 74 valence electrons. The third kappa shape index (κ3) is 2.24. The average molecular weight is 248 g/mol. The van der Waals surface area contributed by atoms with Crippen molar-refractivity contribution >= 4 is 0 Å². The van der Waals surface area contributed by atoms with Gasteiger partial charge in [-0.25, -0.2) is 0 Å². The third-order valence-corrected chi connectivity index (χ3v) is 2.13. The number of fused-ring (bicyclic) bond motifs is 1. The highest BCUT2D eigenvalue weighted by Crippen LogP contribution is 2.16. The molecule has 0 radical (unpaired) electrons. The van der Waals surface area contributed by atoms with Crippen molar-refractivity contribution in [3.8, 4) is 5.95 Å². The van der Waals surface area contributed by atoms with Gasteiger partial charge in [-0.15, -0.1) is 0 Å². The lowest BCUT2D eigenvalue weighted by Crippen LogP contribution is -3.00. The molecule has 3 nitrogen and oxygen atoms in total. The molecule has 0 unspecified atom stereocenters. The van der Waals surface area contributed by atoms with Crippen molar-refractivity contribution in [1.29, 1.82) is 0 Å². The highest BCUT2D eigenvalue weighted by Gasteiger charge is 2.23. The number of aromatic nitrogens is 1. The predicted octanol–water partition coefficient (Wildman–Crippen LogP) is -1.69. The minimum Gasteiger partial charge on any atom is -1.00 e. The molecule has 0 spiro atoms. The maximum Gasteiger partial charge on any atom is 0.356 e. The lowest BCUT2D eigenvalue weighted by molar-refractivity contribution is -0.712. The maximum atomic E-state index is 5.49. The van der Waals surface area contributed by atoms with Crippen LogP contribution in [-0.2, 0) is 13.0 Å². The molecule has 0 aromatic carbocycles. The summed E-state index contributed by atoms with van der Waals surface area (Å²) in [4.78, 5) is 0. The van der Waals surface area contributed by atoms with Crippen molar-refractivity contribution in [3.05, 3.63) is 12.1 Å². The number of oxazole rings is 1. The van der Waals surface area contributed by atoms with E-state index >= 15 is 0 Å². The molecule has 2 heterocycles. The fourth-order valence-corrected chi connectivity index (χ4v) is 1.55. The zero-order valence-corrected chi connectivity index (χ0v) is 9.34. The van der Waals surface area contributed by atoms with Crippen molar-refractivity contribution in [3.63, 3.8) is 0 Å². The van der Waals surface area contributed by atoms with E-state index in [4.69, 9.17) is 9.15 Å². The van der Waals surface area contributed by atoms with Gasteiger partial charge >= 0.3 is 11.8 Å². The SMILES string of the molecule is CCOc1c[n+]2c(o1)CCCC2.[Br-]. The second-order valence-electron chi connectivity index (χ2n) is 3.03. The standard InChI is InChI=1S/C9H14NO2.BrH/c1-2-11-9-7-10-6-4-3-5-8(10)12-9;/h7H,2-6H2,1H3;1H/q+1;/p-1. The number of aryl methyl sites for hydroxylation is 2. The number of hydrogen-bond donors (Lipinski definition) is 0. The Bertz CT molecular complexity index is 249. The van der Waals surface area contributed by atoms with Crippen molar-refractivity contribution in [2.75, 3.05) is 6.61 Å². The van der Waals surface area contributed by atoms with Gasteiger partial charge in [-0.1, -0.05) is 0 Å². The molecule has 1 aliphatic heterocycles. The molecule has 2 rings (SSSR count). The molecule has 0 fully saturated rings. The lowest BCUT2D eigenvalue weighted by atomic mass is 10.2. The Balaban J connectivity index is 0.000000845. The summed E-state index contributed by atoms with van der Waals surface area (Å²) in [6.07, 6.45) is 5.49. The van der Waals surface area contributed by atoms with Crippen LogP contribution in [-0.4, -0.2) is 6.61 Å². The minimum absolute atomic E-state index is 0. The molecule has 0 bridgehead atoms. The highest BCUT2D eigenvalue weighted by molar-refractivity contribution is 4.94. The molecular formula is C9H14BrNO2. The van der Waals surface area contributed by atoms with Gasteiger partial charge in [0, 0.05) is 6.42 Å². The molecular weight excluding hydrogens is 234 g/mol. The van der Waals surface area contributed by atoms with Crippen LogP contribution in [0.2, 0.25) is 0 Å². The quantitative estimate of drug-likeness (QED) is 0.583. The zero-order valence-electron chi connectivity index (χ0n) is 7.75. The van der Waals surface area contributed by atoms with Crippen LogP contribution in [0.1, 0.15) is 25.7 Å². The van der Waals surface area contributed by atoms with Gasteiger partial charge in [0.1, 0.15) is 0 Å². The molecule has 0 amide bonds. The molecule has 0 N–H and O–H groups in total. The van der Waals surface area contributed by atoms with Gasteiger partial charge in [0.15, 0.2) is 6.54 Å². The fourth-order valence-electron chi connectivity index (χ4n) is 1.55. The van der Waals surface area contributed by atoms with Crippen molar-refractivity contribution in [2.45, 2.75) is 32.7 Å². The van der Waals surface area contributed by atoms with Crippen LogP contribution < -0.4 is 26.3 Å². The van der Waals surface area contributed by atoms with Gasteiger partial charge in [-0.05, 0) is 13.3 Å². The summed E-state index contributed by atoms with van der Waals surface area (Å²) in [7, 11) is 0. The van der Waals surface area contributed by atoms with Crippen LogP contribution in [0.4, 0.5) is 0 Å². The molecule has 0 saturated heterocycles. The van der Waals surface area contributed by atoms with E-state index in [2.05, 4.69) is 4.57 Å². The topological polar surface area (TPSA) is 26.2 Å². The lowest BCUT2D eigenvalue weighted by Gasteiger charge is -2.00. The molecule has 1 aromatic rings. The van der Waals surface area contributed by atoms with Crippen LogP contribution in [0, 0.1) is 0 Å². The first-order chi connectivity index (χ1) is 5.90. The summed E-state index contributed by atoms with van der Waals surface area (Å²) in [6.45, 7) is 3.71. The zero-order chi connectivity index (χ0) is 8.39. The Morgan fingerprint density at radius 1 is 1.54 bits per heavy atom. The number of halogens is 1. The first-order valence-electron chi connectivity index (χ1n) is 4.55. The number of rotatable bonds is 2. The van der Waals surface area contributed by atoms with Gasteiger partial charge < -0.3 is 26.1 Å². The summed E-state index contributed by atoms with van der Waals surface area (Å²) in [5, 5.41) is 0. The molecule has 4 heteroatoms. The number of ether oxygens (including phenoxy) is 1. The summed E-state index contributed by atoms with van der Waals surface area (Å²) in [6, 6.07) is 0. The van der Waals surface area contributed by atoms with Crippen LogP contribution >= 0.6 is 0 Å². The summed E-state index contributed by atoms with van der Waals surface area (Å²) < 4.78 is 12.9. The highest BCUT2D eigenvalue weighted by atomic mass is 79.9. The van der Waals surface area contributed by atoms with Crippen molar-refractivity contribution < 1.29 is 30.7 Å². The molecule has 0 aliphatic carbocycles. The first-order valence-corrected chi connectivity index (χ1v) is 4.55. The Hall–Kier alpha value is -0.510. The van der Waals surface area contributed by atoms with E-state index in [-0.39, 0.29) is 17.0 Å². The largest absolute Gasteiger partial charge is 1.00 e. The second-order valence-corrected chi connectivity index (χ2v) is 3.03. The summed E-state index contributed by atoms with van der Waals surface area (Å²) >= 11 is 0. The number of hydrogen-bond acceptors (Lipinski definition) is 2. The van der Waals surface area contributed by atoms with E-state index in [1.54, 1.807) is 0 Å². The van der Waals surface area contributed by atoms with E-state index in [0.29, 0.717) is 12.6 Å². The van der Waals surface area contributed by atoms with E-state index in [1.807, 2.05) is 13.1 Å². The van der Waals surface area contributed by atoms with E-state index in [0.717, 1.165) is 18.9 Å². The Kier molecular flexibility index (Phi) is 3.78. The monoisotopic (exact) mass is 247 g/mol. The molecule has 13 heavy (non-hydrogen) atoms. The summed E-state index contributed by atoms with van der Waals surface area (Å²) in [5.74, 6) is 1.72. The smallest absolute Gasteiger partial charge is 0.356 e. The normalized spacial score (nSPS) is 14.5. The maximum absolute atomic E-state index is 5.49. The average Bonchev–Trinajstić information content (AvgIpc) is 2.47. The Labute approximate surface area is 88.5 Å². The predicted molar refractivity (Wildman–Crippen MR) is 43.0 cm³/mol. The van der Waals surface area contributed by atoms with Gasteiger partial charge in [0.05, 0.1) is 13.0 Å².